The Hall–Kier alpha value is -2.94. The molecule has 1 aromatic heterocycles. The second kappa shape index (κ2) is 8.83. The second-order valence-corrected chi connectivity index (χ2v) is 7.66. The Morgan fingerprint density at radius 1 is 0.967 bits per heavy atom. The highest BCUT2D eigenvalue weighted by Gasteiger charge is 2.26. The van der Waals surface area contributed by atoms with Crippen molar-refractivity contribution in [1.82, 2.24) is 19.7 Å². The number of benzene rings is 1. The molecule has 0 unspecified atom stereocenters. The van der Waals surface area contributed by atoms with Crippen molar-refractivity contribution in [3.63, 3.8) is 0 Å². The molecule has 0 bridgehead atoms. The minimum atomic E-state index is -0.229. The van der Waals surface area contributed by atoms with Crippen LogP contribution in [0.5, 0.6) is 0 Å². The van der Waals surface area contributed by atoms with Crippen molar-refractivity contribution >= 4 is 17.5 Å². The van der Waals surface area contributed by atoms with E-state index in [0.29, 0.717) is 44.3 Å². The summed E-state index contributed by atoms with van der Waals surface area (Å²) >= 11 is 0. The van der Waals surface area contributed by atoms with Gasteiger partial charge in [-0.1, -0.05) is 0 Å². The number of nitrogens with zero attached hydrogens (tertiary/aromatic N) is 5. The first kappa shape index (κ1) is 20.3. The lowest BCUT2D eigenvalue weighted by molar-refractivity contribution is -0.130. The Kier molecular flexibility index (Phi) is 5.98. The molecule has 0 aliphatic carbocycles. The molecule has 2 saturated heterocycles. The molecular weight excluding hydrogens is 389 g/mol. The van der Waals surface area contributed by atoms with E-state index in [0.717, 1.165) is 31.9 Å². The molecule has 0 N–H and O–H groups in total. The monoisotopic (exact) mass is 415 g/mol. The van der Waals surface area contributed by atoms with Crippen LogP contribution in [-0.4, -0.2) is 83.9 Å². The summed E-state index contributed by atoms with van der Waals surface area (Å²) in [4.78, 5) is 36.4. The zero-order valence-electron chi connectivity index (χ0n) is 17.1. The lowest BCUT2D eigenvalue weighted by atomic mass is 10.2. The molecule has 0 spiro atoms. The maximum Gasteiger partial charge on any atom is 0.275 e. The largest absolute Gasteiger partial charge is 0.447 e. The topological polar surface area (TPSA) is 73.1 Å². The number of aromatic nitrogens is 1. The first-order valence-electron chi connectivity index (χ1n) is 10.2. The maximum absolute atomic E-state index is 13.1. The average Bonchev–Trinajstić information content (AvgIpc) is 3.23. The van der Waals surface area contributed by atoms with Gasteiger partial charge in [0.2, 0.25) is 11.8 Å². The van der Waals surface area contributed by atoms with E-state index < -0.39 is 0 Å². The van der Waals surface area contributed by atoms with Crippen LogP contribution < -0.4 is 4.90 Å². The molecule has 9 heteroatoms. The van der Waals surface area contributed by atoms with Gasteiger partial charge in [0.25, 0.3) is 5.91 Å². The predicted molar refractivity (Wildman–Crippen MR) is 109 cm³/mol. The highest BCUT2D eigenvalue weighted by Crippen LogP contribution is 2.18. The smallest absolute Gasteiger partial charge is 0.275 e. The lowest BCUT2D eigenvalue weighted by Gasteiger charge is -2.35. The molecule has 0 radical (unpaired) electrons. The van der Waals surface area contributed by atoms with Gasteiger partial charge in [-0.2, -0.15) is 0 Å². The van der Waals surface area contributed by atoms with E-state index >= 15 is 0 Å². The van der Waals surface area contributed by atoms with Crippen LogP contribution in [-0.2, 0) is 11.3 Å². The molecule has 30 heavy (non-hydrogen) atoms. The van der Waals surface area contributed by atoms with Gasteiger partial charge in [0.15, 0.2) is 5.69 Å². The van der Waals surface area contributed by atoms with E-state index in [2.05, 4.69) is 14.8 Å². The SMILES string of the molecule is CC(=O)N1CCN(C(=O)c2coc(CN3CCN(c4ccc(F)cc4)CC3)n2)CC1. The fourth-order valence-corrected chi connectivity index (χ4v) is 3.88. The summed E-state index contributed by atoms with van der Waals surface area (Å²) in [5.74, 6) is 0.169. The van der Waals surface area contributed by atoms with Crippen LogP contribution in [0.15, 0.2) is 34.9 Å². The van der Waals surface area contributed by atoms with Gasteiger partial charge in [-0.05, 0) is 24.3 Å². The van der Waals surface area contributed by atoms with E-state index in [4.69, 9.17) is 4.42 Å². The van der Waals surface area contributed by atoms with Crippen molar-refractivity contribution < 1.29 is 18.4 Å². The third-order valence-electron chi connectivity index (χ3n) is 5.71. The third kappa shape index (κ3) is 4.62. The maximum atomic E-state index is 13.1. The highest BCUT2D eigenvalue weighted by molar-refractivity contribution is 5.92. The second-order valence-electron chi connectivity index (χ2n) is 7.66. The summed E-state index contributed by atoms with van der Waals surface area (Å²) in [6.07, 6.45) is 1.42. The van der Waals surface area contributed by atoms with Crippen LogP contribution in [0.3, 0.4) is 0 Å². The van der Waals surface area contributed by atoms with Crippen LogP contribution >= 0.6 is 0 Å². The van der Waals surface area contributed by atoms with Gasteiger partial charge < -0.3 is 19.1 Å². The number of oxazole rings is 1. The third-order valence-corrected chi connectivity index (χ3v) is 5.71. The Labute approximate surface area is 174 Å². The number of rotatable bonds is 4. The number of carbonyl (C=O) groups excluding carboxylic acids is 2. The minimum absolute atomic E-state index is 0.0327. The van der Waals surface area contributed by atoms with Crippen molar-refractivity contribution in [2.75, 3.05) is 57.3 Å². The van der Waals surface area contributed by atoms with E-state index in [1.54, 1.807) is 28.9 Å². The first-order valence-corrected chi connectivity index (χ1v) is 10.2. The van der Waals surface area contributed by atoms with Crippen molar-refractivity contribution in [3.8, 4) is 0 Å². The quantitative estimate of drug-likeness (QED) is 0.753. The Morgan fingerprint density at radius 2 is 1.60 bits per heavy atom. The first-order chi connectivity index (χ1) is 14.5. The number of piperazine rings is 2. The molecule has 0 saturated carbocycles. The van der Waals surface area contributed by atoms with Gasteiger partial charge in [0.1, 0.15) is 12.1 Å². The summed E-state index contributed by atoms with van der Waals surface area (Å²) in [5.41, 5.74) is 1.33. The van der Waals surface area contributed by atoms with Gasteiger partial charge in [0, 0.05) is 65.0 Å². The van der Waals surface area contributed by atoms with E-state index in [-0.39, 0.29) is 17.6 Å². The molecule has 2 fully saturated rings. The molecule has 2 aromatic rings. The molecule has 1 aromatic carbocycles. The summed E-state index contributed by atoms with van der Waals surface area (Å²) in [6.45, 7) is 7.51. The molecule has 0 atom stereocenters. The number of anilines is 1. The van der Waals surface area contributed by atoms with Crippen LogP contribution in [0.1, 0.15) is 23.3 Å². The summed E-state index contributed by atoms with van der Waals surface area (Å²) in [5, 5.41) is 0. The lowest BCUT2D eigenvalue weighted by Crippen LogP contribution is -2.50. The van der Waals surface area contributed by atoms with E-state index in [9.17, 15) is 14.0 Å². The zero-order chi connectivity index (χ0) is 21.1. The van der Waals surface area contributed by atoms with E-state index in [1.807, 2.05) is 0 Å². The molecule has 2 aliphatic heterocycles. The van der Waals surface area contributed by atoms with Crippen LogP contribution in [0.2, 0.25) is 0 Å². The predicted octanol–water partition coefficient (Wildman–Crippen LogP) is 1.44. The number of amides is 2. The van der Waals surface area contributed by atoms with Crippen molar-refractivity contribution in [3.05, 3.63) is 47.9 Å². The van der Waals surface area contributed by atoms with Gasteiger partial charge in [-0.15, -0.1) is 0 Å². The van der Waals surface area contributed by atoms with Crippen molar-refractivity contribution in [2.45, 2.75) is 13.5 Å². The van der Waals surface area contributed by atoms with Crippen LogP contribution in [0.25, 0.3) is 0 Å². The normalized spacial score (nSPS) is 18.0. The molecule has 160 valence electrons. The van der Waals surface area contributed by atoms with Gasteiger partial charge in [-0.25, -0.2) is 9.37 Å². The van der Waals surface area contributed by atoms with Crippen molar-refractivity contribution in [2.24, 2.45) is 0 Å². The van der Waals surface area contributed by atoms with Gasteiger partial charge >= 0.3 is 0 Å². The zero-order valence-corrected chi connectivity index (χ0v) is 17.1. The molecule has 2 amide bonds. The Bertz CT molecular complexity index is 884. The Morgan fingerprint density at radius 3 is 2.23 bits per heavy atom. The van der Waals surface area contributed by atoms with Gasteiger partial charge in [0.05, 0.1) is 6.54 Å². The molecule has 4 rings (SSSR count). The highest BCUT2D eigenvalue weighted by atomic mass is 19.1. The summed E-state index contributed by atoms with van der Waals surface area (Å²) in [6, 6.07) is 6.56. The average molecular weight is 415 g/mol. The van der Waals surface area contributed by atoms with Crippen LogP contribution in [0.4, 0.5) is 10.1 Å². The number of carbonyl (C=O) groups is 2. The summed E-state index contributed by atoms with van der Waals surface area (Å²) < 4.78 is 18.6. The minimum Gasteiger partial charge on any atom is -0.447 e. The number of hydrogen-bond acceptors (Lipinski definition) is 6. The Balaban J connectivity index is 1.27. The van der Waals surface area contributed by atoms with E-state index in [1.165, 1.54) is 18.4 Å². The molecule has 8 nitrogen and oxygen atoms in total. The van der Waals surface area contributed by atoms with Crippen LogP contribution in [0, 0.1) is 5.82 Å². The number of halogens is 1. The molecular formula is C21H26FN5O3. The standard InChI is InChI=1S/C21H26FN5O3/c1-16(28)25-10-12-27(13-11-25)21(29)19-15-30-20(23-19)14-24-6-8-26(9-7-24)18-4-2-17(22)3-5-18/h2-5,15H,6-14H2,1H3. The summed E-state index contributed by atoms with van der Waals surface area (Å²) in [7, 11) is 0. The van der Waals surface area contributed by atoms with Crippen molar-refractivity contribution in [1.29, 1.82) is 0 Å². The molecule has 3 heterocycles. The molecule has 2 aliphatic rings. The van der Waals surface area contributed by atoms with Gasteiger partial charge in [-0.3, -0.25) is 14.5 Å². The number of hydrogen-bond donors (Lipinski definition) is 0. The fraction of sp³-hybridized carbons (Fsp3) is 0.476. The fourth-order valence-electron chi connectivity index (χ4n) is 3.88.